The number of hydrogen-bond acceptors (Lipinski definition) is 7. The normalized spacial score (nSPS) is 21.1. The first-order valence-electron chi connectivity index (χ1n) is 11.2. The summed E-state index contributed by atoms with van der Waals surface area (Å²) in [5.74, 6) is 2.03. The summed E-state index contributed by atoms with van der Waals surface area (Å²) in [7, 11) is 1.62. The molecule has 0 unspecified atom stereocenters. The number of aryl methyl sites for hydroxylation is 1. The van der Waals surface area contributed by atoms with E-state index in [0.29, 0.717) is 37.5 Å². The maximum absolute atomic E-state index is 12.9. The van der Waals surface area contributed by atoms with Gasteiger partial charge in [-0.2, -0.15) is 0 Å². The summed E-state index contributed by atoms with van der Waals surface area (Å²) in [5, 5.41) is 6.19. The Morgan fingerprint density at radius 1 is 1.18 bits per heavy atom. The maximum atomic E-state index is 12.9. The number of hydrogen-bond donors (Lipinski definition) is 1. The molecular formula is C25H27N3O4S. The van der Waals surface area contributed by atoms with Gasteiger partial charge in [-0.25, -0.2) is 4.98 Å². The number of ether oxygens (including phenoxy) is 3. The van der Waals surface area contributed by atoms with Crippen molar-refractivity contribution < 1.29 is 19.0 Å². The van der Waals surface area contributed by atoms with E-state index in [-0.39, 0.29) is 18.1 Å². The van der Waals surface area contributed by atoms with Crippen LogP contribution in [0.1, 0.15) is 24.0 Å². The Labute approximate surface area is 197 Å². The third-order valence-corrected chi connectivity index (χ3v) is 6.88. The second-order valence-electron chi connectivity index (χ2n) is 8.31. The smallest absolute Gasteiger partial charge is 0.220 e. The van der Waals surface area contributed by atoms with Gasteiger partial charge in [-0.3, -0.25) is 4.79 Å². The molecular weight excluding hydrogens is 438 g/mol. The van der Waals surface area contributed by atoms with E-state index in [1.54, 1.807) is 18.4 Å². The number of amides is 1. The van der Waals surface area contributed by atoms with Crippen LogP contribution in [-0.4, -0.2) is 43.2 Å². The molecule has 0 saturated carbocycles. The van der Waals surface area contributed by atoms with E-state index in [1.165, 1.54) is 0 Å². The van der Waals surface area contributed by atoms with Crippen molar-refractivity contribution in [3.63, 3.8) is 0 Å². The fourth-order valence-corrected chi connectivity index (χ4v) is 5.02. The van der Waals surface area contributed by atoms with Crippen LogP contribution in [0.15, 0.2) is 54.0 Å². The first-order chi connectivity index (χ1) is 16.2. The van der Waals surface area contributed by atoms with Crippen molar-refractivity contribution in [2.45, 2.75) is 38.0 Å². The van der Waals surface area contributed by atoms with Gasteiger partial charge in [0.1, 0.15) is 5.75 Å². The van der Waals surface area contributed by atoms with Crippen LogP contribution in [0.2, 0.25) is 0 Å². The molecule has 2 aliphatic heterocycles. The standard InChI is InChI=1S/C25H27N3O4S/c1-30-22-7-5-17-6-8-24(29)27-20-15-28(25-26-10-12-33-25)11-9-21(20)31-16-18-3-2-4-19(13-18)32-23(22)14-17/h2-5,7,10,12-14,20-21H,6,8-9,11,15-16H2,1H3,(H,27,29)/t20-,21+/m0/s1. The molecule has 2 atom stereocenters. The number of rotatable bonds is 2. The molecule has 1 N–H and O–H groups in total. The number of aromatic nitrogens is 1. The van der Waals surface area contributed by atoms with Gasteiger partial charge in [-0.05, 0) is 48.2 Å². The summed E-state index contributed by atoms with van der Waals surface area (Å²) in [6.45, 7) is 1.97. The lowest BCUT2D eigenvalue weighted by atomic mass is 10.0. The Morgan fingerprint density at radius 2 is 2.12 bits per heavy atom. The van der Waals surface area contributed by atoms with Gasteiger partial charge in [0.15, 0.2) is 16.6 Å². The monoisotopic (exact) mass is 465 g/mol. The fourth-order valence-electron chi connectivity index (χ4n) is 4.34. The Bertz CT molecular complexity index is 1100. The topological polar surface area (TPSA) is 72.9 Å². The molecule has 5 rings (SSSR count). The molecule has 2 aromatic carbocycles. The number of piperidine rings is 1. The lowest BCUT2D eigenvalue weighted by Crippen LogP contribution is -2.56. The summed E-state index contributed by atoms with van der Waals surface area (Å²) < 4.78 is 18.0. The first kappa shape index (κ1) is 21.7. The van der Waals surface area contributed by atoms with E-state index in [1.807, 2.05) is 54.0 Å². The average molecular weight is 466 g/mol. The Kier molecular flexibility index (Phi) is 6.46. The molecule has 4 bridgehead atoms. The predicted molar refractivity (Wildman–Crippen MR) is 127 cm³/mol. The number of carbonyl (C=O) groups excluding carboxylic acids is 1. The van der Waals surface area contributed by atoms with Crippen molar-refractivity contribution in [3.05, 3.63) is 65.2 Å². The van der Waals surface area contributed by atoms with Crippen molar-refractivity contribution in [1.29, 1.82) is 0 Å². The number of nitrogens with zero attached hydrogens (tertiary/aromatic N) is 2. The van der Waals surface area contributed by atoms with Gasteiger partial charge in [-0.15, -0.1) is 11.3 Å². The first-order valence-corrected chi connectivity index (χ1v) is 12.0. The van der Waals surface area contributed by atoms with Gasteiger partial charge in [0.05, 0.1) is 25.9 Å². The van der Waals surface area contributed by atoms with Gasteiger partial charge in [0.2, 0.25) is 5.91 Å². The van der Waals surface area contributed by atoms with E-state index in [0.717, 1.165) is 35.0 Å². The van der Waals surface area contributed by atoms with Crippen LogP contribution >= 0.6 is 11.3 Å². The van der Waals surface area contributed by atoms with Crippen molar-refractivity contribution in [3.8, 4) is 17.2 Å². The zero-order valence-electron chi connectivity index (χ0n) is 18.5. The van der Waals surface area contributed by atoms with Gasteiger partial charge in [0, 0.05) is 31.1 Å². The minimum atomic E-state index is -0.105. The highest BCUT2D eigenvalue weighted by Gasteiger charge is 2.32. The summed E-state index contributed by atoms with van der Waals surface area (Å²) >= 11 is 1.62. The largest absolute Gasteiger partial charge is 0.493 e. The molecule has 7 nitrogen and oxygen atoms in total. The summed E-state index contributed by atoms with van der Waals surface area (Å²) in [6, 6.07) is 13.6. The quantitative estimate of drug-likeness (QED) is 0.613. The van der Waals surface area contributed by atoms with Crippen molar-refractivity contribution >= 4 is 22.4 Å². The van der Waals surface area contributed by atoms with Gasteiger partial charge in [-0.1, -0.05) is 18.2 Å². The van der Waals surface area contributed by atoms with Gasteiger partial charge in [0.25, 0.3) is 0 Å². The number of thiazole rings is 1. The molecule has 0 radical (unpaired) electrons. The lowest BCUT2D eigenvalue weighted by molar-refractivity contribution is -0.123. The molecule has 1 saturated heterocycles. The summed E-state index contributed by atoms with van der Waals surface area (Å²) in [5.41, 5.74) is 2.04. The van der Waals surface area contributed by atoms with E-state index < -0.39 is 0 Å². The molecule has 3 aromatic rings. The van der Waals surface area contributed by atoms with E-state index in [9.17, 15) is 4.79 Å². The number of anilines is 1. The highest BCUT2D eigenvalue weighted by atomic mass is 32.1. The molecule has 33 heavy (non-hydrogen) atoms. The Morgan fingerprint density at radius 3 is 2.97 bits per heavy atom. The Balaban J connectivity index is 1.41. The molecule has 0 spiro atoms. The van der Waals surface area contributed by atoms with E-state index >= 15 is 0 Å². The number of benzene rings is 2. The molecule has 2 aliphatic rings. The molecule has 1 fully saturated rings. The third kappa shape index (κ3) is 5.12. The number of carbonyl (C=O) groups is 1. The SMILES string of the molecule is COc1ccc2cc1Oc1cccc(c1)CO[C@@H]1CCN(c3nccs3)C[C@@H]1NC(=O)CC2. The second-order valence-corrected chi connectivity index (χ2v) is 9.18. The fraction of sp³-hybridized carbons (Fsp3) is 0.360. The third-order valence-electron chi connectivity index (χ3n) is 6.04. The minimum absolute atomic E-state index is 0.0170. The molecule has 3 heterocycles. The van der Waals surface area contributed by atoms with Crippen LogP contribution in [0, 0.1) is 0 Å². The number of methoxy groups -OCH3 is 1. The highest BCUT2D eigenvalue weighted by molar-refractivity contribution is 7.13. The summed E-state index contributed by atoms with van der Waals surface area (Å²) in [6.07, 6.45) is 3.57. The average Bonchev–Trinajstić information content (AvgIpc) is 3.37. The van der Waals surface area contributed by atoms with E-state index in [4.69, 9.17) is 14.2 Å². The zero-order valence-corrected chi connectivity index (χ0v) is 19.3. The Hall–Kier alpha value is -3.10. The minimum Gasteiger partial charge on any atom is -0.493 e. The van der Waals surface area contributed by atoms with Crippen molar-refractivity contribution in [1.82, 2.24) is 10.3 Å². The molecule has 0 aliphatic carbocycles. The summed E-state index contributed by atoms with van der Waals surface area (Å²) in [4.78, 5) is 19.6. The highest BCUT2D eigenvalue weighted by Crippen LogP contribution is 2.33. The molecule has 8 heteroatoms. The predicted octanol–water partition coefficient (Wildman–Crippen LogP) is 4.17. The van der Waals surface area contributed by atoms with Crippen LogP contribution < -0.4 is 19.7 Å². The molecule has 172 valence electrons. The van der Waals surface area contributed by atoms with Crippen LogP contribution in [0.3, 0.4) is 0 Å². The van der Waals surface area contributed by atoms with Crippen LogP contribution in [0.5, 0.6) is 17.2 Å². The maximum Gasteiger partial charge on any atom is 0.220 e. The second kappa shape index (κ2) is 9.80. The van der Waals surface area contributed by atoms with Crippen molar-refractivity contribution in [2.24, 2.45) is 0 Å². The van der Waals surface area contributed by atoms with Crippen LogP contribution in [0.4, 0.5) is 5.13 Å². The van der Waals surface area contributed by atoms with E-state index in [2.05, 4.69) is 15.2 Å². The zero-order chi connectivity index (χ0) is 22.6. The lowest BCUT2D eigenvalue weighted by Gasteiger charge is -2.38. The van der Waals surface area contributed by atoms with Crippen molar-refractivity contribution in [2.75, 3.05) is 25.1 Å². The molecule has 1 amide bonds. The van der Waals surface area contributed by atoms with Gasteiger partial charge < -0.3 is 24.4 Å². The molecule has 1 aromatic heterocycles. The number of fused-ring (bicyclic) bond motifs is 5. The van der Waals surface area contributed by atoms with Crippen LogP contribution in [0.25, 0.3) is 0 Å². The van der Waals surface area contributed by atoms with Crippen LogP contribution in [-0.2, 0) is 22.6 Å². The number of nitrogens with one attached hydrogen (secondary N) is 1. The van der Waals surface area contributed by atoms with Gasteiger partial charge >= 0.3 is 0 Å².